The number of fused-ring (bicyclic) bond motifs is 1. The van der Waals surface area contributed by atoms with Gasteiger partial charge >= 0.3 is 5.97 Å². The largest absolute Gasteiger partial charge is 0.481 e. The molecule has 0 aromatic carbocycles. The number of halogens is 1. The van der Waals surface area contributed by atoms with Crippen LogP contribution < -0.4 is 11.3 Å². The van der Waals surface area contributed by atoms with Crippen LogP contribution in [0.3, 0.4) is 0 Å². The summed E-state index contributed by atoms with van der Waals surface area (Å²) in [5.41, 5.74) is 5.71. The summed E-state index contributed by atoms with van der Waals surface area (Å²) in [5.74, 6) is -0.962. The fourth-order valence-electron chi connectivity index (χ4n) is 1.94. The minimum absolute atomic E-state index is 0.0195. The van der Waals surface area contributed by atoms with Crippen molar-refractivity contribution in [2.45, 2.75) is 19.4 Å². The lowest BCUT2D eigenvalue weighted by molar-refractivity contribution is -0.137. The molecule has 2 heterocycles. The highest BCUT2D eigenvalue weighted by Gasteiger charge is 2.16. The maximum atomic E-state index is 12.4. The lowest BCUT2D eigenvalue weighted by Gasteiger charge is -2.08. The lowest BCUT2D eigenvalue weighted by atomic mass is 10.3. The summed E-state index contributed by atoms with van der Waals surface area (Å²) in [6.07, 6.45) is 3.17. The molecule has 0 amide bonds. The number of anilines is 1. The van der Waals surface area contributed by atoms with Gasteiger partial charge in [0, 0.05) is 19.2 Å². The van der Waals surface area contributed by atoms with E-state index in [9.17, 15) is 9.59 Å². The first-order valence-electron chi connectivity index (χ1n) is 6.38. The molecule has 22 heavy (non-hydrogen) atoms. The minimum Gasteiger partial charge on any atom is -0.481 e. The fourth-order valence-corrected chi connectivity index (χ4v) is 2.40. The first-order chi connectivity index (χ1) is 10.5. The molecule has 0 radical (unpaired) electrons. The number of nitrogens with two attached hydrogens (primary N) is 1. The highest BCUT2D eigenvalue weighted by molar-refractivity contribution is 9.10. The van der Waals surface area contributed by atoms with Crippen LogP contribution in [-0.4, -0.2) is 41.9 Å². The van der Waals surface area contributed by atoms with Crippen molar-refractivity contribution in [3.05, 3.63) is 21.2 Å². The van der Waals surface area contributed by atoms with Gasteiger partial charge in [-0.15, -0.1) is 0 Å². The maximum absolute atomic E-state index is 12.4. The first kappa shape index (κ1) is 16.2. The van der Waals surface area contributed by atoms with E-state index in [2.05, 4.69) is 25.9 Å². The number of aliphatic hydroxyl groups is 1. The number of carboxylic acids is 1. The third-order valence-corrected chi connectivity index (χ3v) is 3.48. The number of rotatable bonds is 6. The number of nitrogen functional groups attached to an aromatic ring is 1. The highest BCUT2D eigenvalue weighted by Crippen LogP contribution is 2.17. The van der Waals surface area contributed by atoms with E-state index >= 15 is 0 Å². The van der Waals surface area contributed by atoms with Gasteiger partial charge in [-0.25, -0.2) is 4.98 Å². The predicted octanol–water partition coefficient (Wildman–Crippen LogP) is 0.265. The van der Waals surface area contributed by atoms with Gasteiger partial charge in [-0.1, -0.05) is 0 Å². The number of hydrogen-bond acceptors (Lipinski definition) is 6. The summed E-state index contributed by atoms with van der Waals surface area (Å²) in [5, 5.41) is 17.5. The van der Waals surface area contributed by atoms with Crippen molar-refractivity contribution in [1.82, 2.24) is 19.1 Å². The maximum Gasteiger partial charge on any atom is 0.303 e. The van der Waals surface area contributed by atoms with Gasteiger partial charge in [-0.2, -0.15) is 4.98 Å². The summed E-state index contributed by atoms with van der Waals surface area (Å²) in [7, 11) is 0. The standard InChI is InChI=1S/C12H14BrN5O4/c13-11-15-8-9(17(11)5-2-6-19)16-12(14)18(10(8)22)4-1-3-7(20)21/h2,5,19H,1,3-4,6H2,(H2,14,16)(H,20,21). The summed E-state index contributed by atoms with van der Waals surface area (Å²) in [6.45, 7) is -0.0231. The predicted molar refractivity (Wildman–Crippen MR) is 83.2 cm³/mol. The number of aliphatic hydroxyl groups excluding tert-OH is 1. The smallest absolute Gasteiger partial charge is 0.303 e. The van der Waals surface area contributed by atoms with E-state index in [0.717, 1.165) is 0 Å². The number of imidazole rings is 1. The zero-order valence-electron chi connectivity index (χ0n) is 11.4. The van der Waals surface area contributed by atoms with E-state index in [4.69, 9.17) is 15.9 Å². The van der Waals surface area contributed by atoms with Crippen LogP contribution in [-0.2, 0) is 11.3 Å². The third kappa shape index (κ3) is 3.17. The average molecular weight is 372 g/mol. The van der Waals surface area contributed by atoms with Crippen molar-refractivity contribution >= 4 is 45.2 Å². The zero-order valence-corrected chi connectivity index (χ0v) is 13.0. The fraction of sp³-hybridized carbons (Fsp3) is 0.333. The van der Waals surface area contributed by atoms with Gasteiger partial charge in [0.05, 0.1) is 6.61 Å². The lowest BCUT2D eigenvalue weighted by Crippen LogP contribution is -2.25. The van der Waals surface area contributed by atoms with Crippen LogP contribution in [0, 0.1) is 0 Å². The normalized spacial score (nSPS) is 11.5. The van der Waals surface area contributed by atoms with Crippen LogP contribution in [0.15, 0.2) is 15.6 Å². The quantitative estimate of drug-likeness (QED) is 0.619. The number of carboxylic acid groups (broad SMARTS) is 1. The molecule has 2 aromatic rings. The number of nitrogens with zero attached hydrogens (tertiary/aromatic N) is 4. The van der Waals surface area contributed by atoms with Gasteiger partial charge in [0.1, 0.15) is 0 Å². The van der Waals surface area contributed by atoms with Gasteiger partial charge in [-0.05, 0) is 28.4 Å². The van der Waals surface area contributed by atoms with E-state index in [-0.39, 0.29) is 43.1 Å². The molecule has 0 aliphatic heterocycles. The van der Waals surface area contributed by atoms with E-state index in [0.29, 0.717) is 4.73 Å². The topological polar surface area (TPSA) is 136 Å². The molecular formula is C12H14BrN5O4. The van der Waals surface area contributed by atoms with Crippen LogP contribution in [0.25, 0.3) is 17.4 Å². The van der Waals surface area contributed by atoms with E-state index in [1.54, 1.807) is 0 Å². The Hall–Kier alpha value is -2.20. The van der Waals surface area contributed by atoms with Crippen LogP contribution >= 0.6 is 15.9 Å². The molecule has 0 aliphatic rings. The van der Waals surface area contributed by atoms with Gasteiger partial charge in [0.25, 0.3) is 5.56 Å². The molecule has 0 fully saturated rings. The monoisotopic (exact) mass is 371 g/mol. The third-order valence-electron chi connectivity index (χ3n) is 2.92. The van der Waals surface area contributed by atoms with Gasteiger partial charge in [0.2, 0.25) is 5.95 Å². The molecule has 0 saturated heterocycles. The average Bonchev–Trinajstić information content (AvgIpc) is 2.76. The molecule has 2 rings (SSSR count). The van der Waals surface area contributed by atoms with Crippen molar-refractivity contribution < 1.29 is 15.0 Å². The summed E-state index contributed by atoms with van der Waals surface area (Å²) in [6, 6.07) is 0. The molecule has 0 aliphatic carbocycles. The molecule has 9 nitrogen and oxygen atoms in total. The Morgan fingerprint density at radius 3 is 2.77 bits per heavy atom. The van der Waals surface area contributed by atoms with Crippen molar-refractivity contribution in [3.8, 4) is 0 Å². The molecule has 0 atom stereocenters. The minimum atomic E-state index is -0.943. The van der Waals surface area contributed by atoms with Crippen molar-refractivity contribution in [2.24, 2.45) is 0 Å². The Morgan fingerprint density at radius 1 is 1.41 bits per heavy atom. The molecule has 2 aromatic heterocycles. The summed E-state index contributed by atoms with van der Waals surface area (Å²) >= 11 is 3.21. The Balaban J connectivity index is 2.48. The van der Waals surface area contributed by atoms with Crippen molar-refractivity contribution in [1.29, 1.82) is 0 Å². The van der Waals surface area contributed by atoms with Crippen LogP contribution in [0.2, 0.25) is 0 Å². The van der Waals surface area contributed by atoms with Crippen molar-refractivity contribution in [3.63, 3.8) is 0 Å². The summed E-state index contributed by atoms with van der Waals surface area (Å²) < 4.78 is 3.02. The molecule has 10 heteroatoms. The van der Waals surface area contributed by atoms with Crippen LogP contribution in [0.4, 0.5) is 5.95 Å². The molecule has 118 valence electrons. The second-order valence-corrected chi connectivity index (χ2v) is 5.12. The van der Waals surface area contributed by atoms with Crippen molar-refractivity contribution in [2.75, 3.05) is 12.3 Å². The number of hydrogen-bond donors (Lipinski definition) is 3. The van der Waals surface area contributed by atoms with E-state index in [1.807, 2.05) is 0 Å². The number of aliphatic carboxylic acids is 1. The van der Waals surface area contributed by atoms with E-state index < -0.39 is 11.5 Å². The zero-order chi connectivity index (χ0) is 16.3. The van der Waals surface area contributed by atoms with Gasteiger partial charge < -0.3 is 15.9 Å². The Kier molecular flexibility index (Phi) is 4.93. The molecule has 0 saturated carbocycles. The Labute approximate surface area is 132 Å². The number of carbonyl (C=O) groups is 1. The second kappa shape index (κ2) is 6.71. The van der Waals surface area contributed by atoms with Crippen LogP contribution in [0.5, 0.6) is 0 Å². The Morgan fingerprint density at radius 2 is 2.14 bits per heavy atom. The van der Waals surface area contributed by atoms with Gasteiger partial charge in [0.15, 0.2) is 15.9 Å². The SMILES string of the molecule is Nc1nc2c(nc(Br)n2C=CCO)c(=O)n1CCCC(=O)O. The molecule has 0 bridgehead atoms. The second-order valence-electron chi connectivity index (χ2n) is 4.41. The molecule has 4 N–H and O–H groups in total. The van der Waals surface area contributed by atoms with E-state index in [1.165, 1.54) is 21.4 Å². The van der Waals surface area contributed by atoms with Gasteiger partial charge in [-0.3, -0.25) is 18.7 Å². The Bertz CT molecular complexity index is 795. The molecule has 0 unspecified atom stereocenters. The first-order valence-corrected chi connectivity index (χ1v) is 7.18. The molecule has 0 spiro atoms. The highest BCUT2D eigenvalue weighted by atomic mass is 79.9. The summed E-state index contributed by atoms with van der Waals surface area (Å²) in [4.78, 5) is 31.2. The number of aromatic nitrogens is 4. The molecular weight excluding hydrogens is 358 g/mol. The van der Waals surface area contributed by atoms with Crippen LogP contribution in [0.1, 0.15) is 12.8 Å².